The molecule has 0 radical (unpaired) electrons. The maximum atomic E-state index is 13.0. The number of hydrogen-bond acceptors (Lipinski definition) is 9. The highest BCUT2D eigenvalue weighted by molar-refractivity contribution is 5.89. The molecular formula is C38H48N8O4. The van der Waals surface area contributed by atoms with Crippen LogP contribution in [-0.2, 0) is 9.47 Å². The maximum Gasteiger partial charge on any atom is 0.421 e. The normalized spacial score (nSPS) is 11.0. The molecule has 4 rings (SSSR count). The fourth-order valence-electron chi connectivity index (χ4n) is 4.13. The molecule has 2 heterocycles. The molecule has 2 aromatic carbocycles. The van der Waals surface area contributed by atoms with Crippen LogP contribution in [0.25, 0.3) is 22.5 Å². The number of aromatic nitrogens is 4. The van der Waals surface area contributed by atoms with Crippen LogP contribution in [0, 0.1) is 23.7 Å². The molecule has 0 bridgehead atoms. The van der Waals surface area contributed by atoms with Crippen LogP contribution in [0.2, 0.25) is 0 Å². The lowest BCUT2D eigenvalue weighted by atomic mass is 10.1. The molecule has 0 aliphatic heterocycles. The monoisotopic (exact) mass is 680 g/mol. The number of aromatic amines is 1. The molecule has 12 heteroatoms. The highest BCUT2D eigenvalue weighted by Gasteiger charge is 2.26. The Morgan fingerprint density at radius 1 is 0.820 bits per heavy atom. The number of amides is 1. The summed E-state index contributed by atoms with van der Waals surface area (Å²) in [5.74, 6) is 12.9. The van der Waals surface area contributed by atoms with Crippen LogP contribution < -0.4 is 11.1 Å². The molecule has 0 fully saturated rings. The zero-order valence-electron chi connectivity index (χ0n) is 30.6. The molecule has 12 nitrogen and oxygen atoms in total. The average molecular weight is 681 g/mol. The van der Waals surface area contributed by atoms with Gasteiger partial charge in [-0.3, -0.25) is 15.1 Å². The summed E-state index contributed by atoms with van der Waals surface area (Å²) in [6.45, 7) is 11.9. The van der Waals surface area contributed by atoms with Gasteiger partial charge in [0.1, 0.15) is 11.2 Å². The number of anilines is 2. The molecule has 0 unspecified atom stereocenters. The first-order valence-corrected chi connectivity index (χ1v) is 16.0. The first-order valence-electron chi connectivity index (χ1n) is 16.0. The van der Waals surface area contributed by atoms with Gasteiger partial charge in [0.15, 0.2) is 5.95 Å². The van der Waals surface area contributed by atoms with Gasteiger partial charge >= 0.3 is 12.2 Å². The third kappa shape index (κ3) is 13.2. The summed E-state index contributed by atoms with van der Waals surface area (Å²) >= 11 is 0. The van der Waals surface area contributed by atoms with E-state index in [9.17, 15) is 9.59 Å². The van der Waals surface area contributed by atoms with Crippen LogP contribution >= 0.6 is 0 Å². The number of nitrogens with one attached hydrogen (secondary N) is 2. The summed E-state index contributed by atoms with van der Waals surface area (Å²) in [6, 6.07) is 15.4. The summed E-state index contributed by atoms with van der Waals surface area (Å²) in [7, 11) is 7.89. The van der Waals surface area contributed by atoms with Gasteiger partial charge in [-0.05, 0) is 94.0 Å². The van der Waals surface area contributed by atoms with Crippen molar-refractivity contribution in [2.75, 3.05) is 52.3 Å². The van der Waals surface area contributed by atoms with Gasteiger partial charge in [-0.1, -0.05) is 47.9 Å². The molecule has 4 N–H and O–H groups in total. The van der Waals surface area contributed by atoms with E-state index in [1.165, 1.54) is 10.8 Å². The lowest BCUT2D eigenvalue weighted by Gasteiger charge is -2.22. The highest BCUT2D eigenvalue weighted by atomic mass is 16.6. The highest BCUT2D eigenvalue weighted by Crippen LogP contribution is 2.26. The predicted octanol–water partition coefficient (Wildman–Crippen LogP) is 6.17. The van der Waals surface area contributed by atoms with Gasteiger partial charge in [-0.15, -0.1) is 0 Å². The molecule has 1 amide bonds. The van der Waals surface area contributed by atoms with Crippen molar-refractivity contribution in [2.24, 2.45) is 0 Å². The van der Waals surface area contributed by atoms with E-state index >= 15 is 0 Å². The average Bonchev–Trinajstić information content (AvgIpc) is 3.62. The summed E-state index contributed by atoms with van der Waals surface area (Å²) in [4.78, 5) is 40.5. The Bertz CT molecular complexity index is 1890. The van der Waals surface area contributed by atoms with E-state index in [2.05, 4.69) is 44.0 Å². The number of H-pyrrole nitrogens is 1. The van der Waals surface area contributed by atoms with Crippen molar-refractivity contribution in [2.45, 2.75) is 52.7 Å². The van der Waals surface area contributed by atoms with Crippen LogP contribution in [0.15, 0.2) is 60.9 Å². The van der Waals surface area contributed by atoms with E-state index in [1.54, 1.807) is 47.7 Å². The van der Waals surface area contributed by atoms with Gasteiger partial charge < -0.3 is 20.2 Å². The van der Waals surface area contributed by atoms with Crippen molar-refractivity contribution in [3.8, 4) is 46.2 Å². The van der Waals surface area contributed by atoms with Gasteiger partial charge in [-0.25, -0.2) is 24.1 Å². The molecule has 2 aromatic heterocycles. The van der Waals surface area contributed by atoms with Gasteiger partial charge in [0.05, 0.1) is 36.9 Å². The van der Waals surface area contributed by atoms with Crippen molar-refractivity contribution in [1.29, 1.82) is 0 Å². The number of ether oxygens (including phenoxy) is 2. The standard InChI is InChI=1S/C24H32N4O4.C14H16N4/c1-23(2,3)31-21(29)26-20-25-16-19(28(20)22(30)32-24(4,5)6)18-13-9-11-17(15-18)12-10-14-27(7)8;1-18(2)8-4-6-11-5-3-7-12(9-11)13-10-16-14(15)17-13/h9,11,13,15-16H,14H2,1-8H3,(H,25,26,29);3,5,7,9-10H,8H2,1-2H3,(H3,15,16,17). The second-order valence-electron chi connectivity index (χ2n) is 13.8. The second kappa shape index (κ2) is 17.2. The second-order valence-corrected chi connectivity index (χ2v) is 13.8. The third-order valence-electron chi connectivity index (χ3n) is 6.13. The number of carbonyl (C=O) groups excluding carboxylic acids is 2. The van der Waals surface area contributed by atoms with Crippen molar-refractivity contribution in [3.63, 3.8) is 0 Å². The minimum absolute atomic E-state index is 0.00703. The van der Waals surface area contributed by atoms with Crippen LogP contribution in [-0.4, -0.2) is 94.0 Å². The van der Waals surface area contributed by atoms with Gasteiger partial charge in [0.25, 0.3) is 0 Å². The van der Waals surface area contributed by atoms with E-state index in [-0.39, 0.29) is 5.95 Å². The number of benzene rings is 2. The molecule has 0 aliphatic carbocycles. The Morgan fingerprint density at radius 2 is 1.36 bits per heavy atom. The SMILES string of the molecule is CN(C)CC#Cc1cccc(-c2cnc(N)[nH]2)c1.CN(C)CC#Cc1cccc(-c2cnc(NC(=O)OC(C)(C)C)n2C(=O)OC(C)(C)C)c1. The van der Waals surface area contributed by atoms with E-state index in [1.807, 2.05) is 86.5 Å². The predicted molar refractivity (Wildman–Crippen MR) is 198 cm³/mol. The molecular weight excluding hydrogens is 632 g/mol. The molecule has 0 spiro atoms. The summed E-state index contributed by atoms with van der Waals surface area (Å²) in [6.07, 6.45) is 1.84. The van der Waals surface area contributed by atoms with Crippen molar-refractivity contribution < 1.29 is 19.1 Å². The molecule has 4 aromatic rings. The Hall–Kier alpha value is -5.56. The summed E-state index contributed by atoms with van der Waals surface area (Å²) in [5, 5.41) is 2.54. The third-order valence-corrected chi connectivity index (χ3v) is 6.13. The fourth-order valence-corrected chi connectivity index (χ4v) is 4.13. The lowest BCUT2D eigenvalue weighted by Crippen LogP contribution is -2.31. The zero-order chi connectivity index (χ0) is 37.1. The number of nitrogens with zero attached hydrogens (tertiary/aromatic N) is 5. The first-order chi connectivity index (χ1) is 23.4. The lowest BCUT2D eigenvalue weighted by molar-refractivity contribution is 0.0542. The number of carbonyl (C=O) groups is 2. The van der Waals surface area contributed by atoms with Crippen LogP contribution in [0.4, 0.5) is 21.5 Å². The Morgan fingerprint density at radius 3 is 1.86 bits per heavy atom. The van der Waals surface area contributed by atoms with E-state index in [4.69, 9.17) is 15.2 Å². The van der Waals surface area contributed by atoms with Gasteiger partial charge in [0, 0.05) is 22.3 Å². The largest absolute Gasteiger partial charge is 0.444 e. The summed E-state index contributed by atoms with van der Waals surface area (Å²) in [5.41, 5.74) is 9.03. The minimum Gasteiger partial charge on any atom is -0.444 e. The molecule has 0 saturated heterocycles. The van der Waals surface area contributed by atoms with E-state index < -0.39 is 23.4 Å². The molecule has 50 heavy (non-hydrogen) atoms. The Balaban J connectivity index is 0.000000316. The van der Waals surface area contributed by atoms with Crippen molar-refractivity contribution >= 4 is 24.1 Å². The van der Waals surface area contributed by atoms with Crippen LogP contribution in [0.3, 0.4) is 0 Å². The molecule has 0 aliphatic rings. The smallest absolute Gasteiger partial charge is 0.421 e. The molecule has 0 saturated carbocycles. The Labute approximate surface area is 295 Å². The Kier molecular flexibility index (Phi) is 13.4. The molecule has 264 valence electrons. The zero-order valence-corrected chi connectivity index (χ0v) is 30.6. The fraction of sp³-hybridized carbons (Fsp3) is 0.368. The summed E-state index contributed by atoms with van der Waals surface area (Å²) < 4.78 is 12.1. The number of hydrogen-bond donors (Lipinski definition) is 3. The number of imidazole rings is 2. The van der Waals surface area contributed by atoms with Gasteiger partial charge in [-0.2, -0.15) is 0 Å². The number of nitrogen functional groups attached to an aromatic ring is 1. The number of rotatable bonds is 5. The maximum absolute atomic E-state index is 13.0. The minimum atomic E-state index is -0.735. The van der Waals surface area contributed by atoms with Crippen LogP contribution in [0.5, 0.6) is 0 Å². The number of nitrogens with two attached hydrogens (primary N) is 1. The van der Waals surface area contributed by atoms with E-state index in [0.717, 1.165) is 28.9 Å². The topological polar surface area (TPSA) is 144 Å². The quantitative estimate of drug-likeness (QED) is 0.211. The first kappa shape index (κ1) is 38.9. The van der Waals surface area contributed by atoms with Crippen LogP contribution in [0.1, 0.15) is 52.7 Å². The van der Waals surface area contributed by atoms with Crippen molar-refractivity contribution in [1.82, 2.24) is 29.3 Å². The van der Waals surface area contributed by atoms with Gasteiger partial charge in [0.2, 0.25) is 5.95 Å². The van der Waals surface area contributed by atoms with E-state index in [0.29, 0.717) is 23.8 Å². The molecule has 0 atom stereocenters. The van der Waals surface area contributed by atoms with Crippen molar-refractivity contribution in [3.05, 3.63) is 72.1 Å².